The van der Waals surface area contributed by atoms with Crippen molar-refractivity contribution in [2.75, 3.05) is 12.4 Å². The Morgan fingerprint density at radius 1 is 1.15 bits per heavy atom. The van der Waals surface area contributed by atoms with Gasteiger partial charge in [-0.2, -0.15) is 0 Å². The highest BCUT2D eigenvalue weighted by atomic mass is 32.1. The summed E-state index contributed by atoms with van der Waals surface area (Å²) in [5.41, 5.74) is 2.75. The number of amides is 1. The fourth-order valence-corrected chi connectivity index (χ4v) is 3.53. The molecule has 5 heteroatoms. The molecule has 1 amide bonds. The first-order valence-corrected chi connectivity index (χ1v) is 9.41. The lowest BCUT2D eigenvalue weighted by molar-refractivity contribution is -0.697. The minimum absolute atomic E-state index is 0.0587. The van der Waals surface area contributed by atoms with Crippen molar-refractivity contribution in [1.82, 2.24) is 0 Å². The average molecular weight is 367 g/mol. The van der Waals surface area contributed by atoms with E-state index in [0.717, 1.165) is 17.7 Å². The van der Waals surface area contributed by atoms with Crippen molar-refractivity contribution < 1.29 is 14.8 Å². The monoisotopic (exact) mass is 367 g/mol. The van der Waals surface area contributed by atoms with E-state index in [9.17, 15) is 4.79 Å². The van der Waals surface area contributed by atoms with Crippen LogP contribution in [0, 0.1) is 6.92 Å². The first kappa shape index (κ1) is 18.2. The van der Waals surface area contributed by atoms with Crippen LogP contribution in [-0.4, -0.2) is 13.0 Å². The summed E-state index contributed by atoms with van der Waals surface area (Å²) in [5, 5.41) is 7.16. The van der Waals surface area contributed by atoms with E-state index in [4.69, 9.17) is 4.74 Å². The smallest absolute Gasteiger partial charge is 0.287 e. The third-order valence-corrected chi connectivity index (χ3v) is 5.09. The van der Waals surface area contributed by atoms with Crippen LogP contribution >= 0.6 is 11.3 Å². The summed E-state index contributed by atoms with van der Waals surface area (Å²) in [6.07, 6.45) is 0. The van der Waals surface area contributed by atoms with Crippen LogP contribution < -0.4 is 15.4 Å². The number of benzene rings is 2. The molecule has 0 aliphatic heterocycles. The van der Waals surface area contributed by atoms with Crippen LogP contribution in [0.15, 0.2) is 66.0 Å². The number of ether oxygens (including phenoxy) is 1. The average Bonchev–Trinajstić information content (AvgIpc) is 3.16. The minimum atomic E-state index is -0.330. The van der Waals surface area contributed by atoms with Crippen LogP contribution in [0.1, 0.15) is 22.0 Å². The SMILES string of the molecule is COc1ccc(C)cc1NC(=O)[C@@H]([NH2+]Cc1cccs1)c1ccccc1. The van der Waals surface area contributed by atoms with E-state index in [2.05, 4.69) is 22.1 Å². The van der Waals surface area contributed by atoms with Gasteiger partial charge in [-0.05, 0) is 36.1 Å². The van der Waals surface area contributed by atoms with Crippen LogP contribution in [0.25, 0.3) is 0 Å². The molecule has 0 aliphatic carbocycles. The van der Waals surface area contributed by atoms with Gasteiger partial charge in [0.2, 0.25) is 0 Å². The Morgan fingerprint density at radius 3 is 2.65 bits per heavy atom. The third-order valence-electron chi connectivity index (χ3n) is 4.19. The lowest BCUT2D eigenvalue weighted by Gasteiger charge is -2.17. The molecule has 1 aromatic heterocycles. The molecule has 26 heavy (non-hydrogen) atoms. The number of quaternary nitrogens is 1. The molecule has 0 fully saturated rings. The molecule has 1 heterocycles. The Labute approximate surface area is 157 Å². The Morgan fingerprint density at radius 2 is 1.96 bits per heavy atom. The van der Waals surface area contributed by atoms with Gasteiger partial charge in [-0.3, -0.25) is 4.79 Å². The molecular weight excluding hydrogens is 344 g/mol. The second kappa shape index (κ2) is 8.65. The number of methoxy groups -OCH3 is 1. The van der Waals surface area contributed by atoms with Crippen molar-refractivity contribution in [3.05, 3.63) is 82.0 Å². The zero-order valence-electron chi connectivity index (χ0n) is 14.9. The quantitative estimate of drug-likeness (QED) is 0.671. The first-order chi connectivity index (χ1) is 12.7. The van der Waals surface area contributed by atoms with Crippen LogP contribution in [0.2, 0.25) is 0 Å². The molecule has 134 valence electrons. The maximum atomic E-state index is 13.1. The van der Waals surface area contributed by atoms with Gasteiger partial charge in [0, 0.05) is 5.56 Å². The van der Waals surface area contributed by atoms with Crippen molar-refractivity contribution in [3.8, 4) is 5.75 Å². The normalized spacial score (nSPS) is 11.8. The van der Waals surface area contributed by atoms with E-state index in [1.54, 1.807) is 18.4 Å². The topological polar surface area (TPSA) is 54.9 Å². The van der Waals surface area contributed by atoms with Crippen molar-refractivity contribution in [1.29, 1.82) is 0 Å². The Kier molecular flexibility index (Phi) is 6.04. The summed E-state index contributed by atoms with van der Waals surface area (Å²) >= 11 is 1.70. The second-order valence-corrected chi connectivity index (χ2v) is 7.13. The zero-order valence-corrected chi connectivity index (χ0v) is 15.8. The fraction of sp³-hybridized carbons (Fsp3) is 0.190. The summed E-state index contributed by atoms with van der Waals surface area (Å²) in [5.74, 6) is 0.602. The Balaban J connectivity index is 1.81. The van der Waals surface area contributed by atoms with Crippen molar-refractivity contribution >= 4 is 22.9 Å². The van der Waals surface area contributed by atoms with Crippen LogP contribution in [0.5, 0.6) is 5.75 Å². The number of nitrogens with two attached hydrogens (primary N) is 1. The number of hydrogen-bond donors (Lipinski definition) is 2. The van der Waals surface area contributed by atoms with E-state index >= 15 is 0 Å². The molecule has 0 aliphatic rings. The molecule has 0 saturated heterocycles. The van der Waals surface area contributed by atoms with E-state index in [1.807, 2.05) is 61.5 Å². The predicted molar refractivity (Wildman–Crippen MR) is 105 cm³/mol. The van der Waals surface area contributed by atoms with Gasteiger partial charge < -0.3 is 15.4 Å². The number of anilines is 1. The van der Waals surface area contributed by atoms with Crippen LogP contribution in [0.3, 0.4) is 0 Å². The summed E-state index contributed by atoms with van der Waals surface area (Å²) in [6.45, 7) is 2.75. The van der Waals surface area contributed by atoms with Crippen molar-refractivity contribution in [2.24, 2.45) is 0 Å². The zero-order chi connectivity index (χ0) is 18.4. The molecule has 0 saturated carbocycles. The summed E-state index contributed by atoms with van der Waals surface area (Å²) < 4.78 is 5.38. The van der Waals surface area contributed by atoms with Gasteiger partial charge in [0.25, 0.3) is 5.91 Å². The van der Waals surface area contributed by atoms with Gasteiger partial charge in [-0.25, -0.2) is 0 Å². The number of hydrogen-bond acceptors (Lipinski definition) is 3. The Bertz CT molecular complexity index is 848. The lowest BCUT2D eigenvalue weighted by atomic mass is 10.1. The second-order valence-electron chi connectivity index (χ2n) is 6.10. The third kappa shape index (κ3) is 4.50. The van der Waals surface area contributed by atoms with Gasteiger partial charge >= 0.3 is 0 Å². The number of rotatable bonds is 7. The van der Waals surface area contributed by atoms with E-state index < -0.39 is 0 Å². The highest BCUT2D eigenvalue weighted by Crippen LogP contribution is 2.26. The summed E-state index contributed by atoms with van der Waals surface area (Å²) in [7, 11) is 1.61. The van der Waals surface area contributed by atoms with E-state index in [0.29, 0.717) is 11.4 Å². The van der Waals surface area contributed by atoms with Crippen LogP contribution in [0.4, 0.5) is 5.69 Å². The number of thiophene rings is 1. The highest BCUT2D eigenvalue weighted by Gasteiger charge is 2.25. The molecule has 0 spiro atoms. The molecule has 4 nitrogen and oxygen atoms in total. The molecular formula is C21H23N2O2S+. The maximum Gasteiger partial charge on any atom is 0.287 e. The standard InChI is InChI=1S/C21H22N2O2S/c1-15-10-11-19(25-2)18(13-15)23-21(24)20(16-7-4-3-5-8-16)22-14-17-9-6-12-26-17/h3-13,20,22H,14H2,1-2H3,(H,23,24)/p+1/t20-/m0/s1. The number of carbonyl (C=O) groups is 1. The molecule has 0 radical (unpaired) electrons. The predicted octanol–water partition coefficient (Wildman–Crippen LogP) is 3.51. The molecule has 0 unspecified atom stereocenters. The van der Waals surface area contributed by atoms with Crippen molar-refractivity contribution in [2.45, 2.75) is 19.5 Å². The molecule has 1 atom stereocenters. The highest BCUT2D eigenvalue weighted by molar-refractivity contribution is 7.09. The van der Waals surface area contributed by atoms with Crippen LogP contribution in [-0.2, 0) is 11.3 Å². The van der Waals surface area contributed by atoms with Gasteiger partial charge in [0.05, 0.1) is 17.7 Å². The van der Waals surface area contributed by atoms with Crippen molar-refractivity contribution in [3.63, 3.8) is 0 Å². The van der Waals surface area contributed by atoms with Gasteiger partial charge in [-0.15, -0.1) is 11.3 Å². The molecule has 3 rings (SSSR count). The number of nitrogens with one attached hydrogen (secondary N) is 1. The van der Waals surface area contributed by atoms with E-state index in [1.165, 1.54) is 4.88 Å². The fourth-order valence-electron chi connectivity index (χ4n) is 2.85. The minimum Gasteiger partial charge on any atom is -0.495 e. The maximum absolute atomic E-state index is 13.1. The summed E-state index contributed by atoms with van der Waals surface area (Å²) in [6, 6.07) is 19.4. The number of aryl methyl sites for hydroxylation is 1. The summed E-state index contributed by atoms with van der Waals surface area (Å²) in [4.78, 5) is 14.3. The van der Waals surface area contributed by atoms with Gasteiger partial charge in [-0.1, -0.05) is 42.5 Å². The first-order valence-electron chi connectivity index (χ1n) is 8.53. The van der Waals surface area contributed by atoms with E-state index in [-0.39, 0.29) is 11.9 Å². The molecule has 2 aromatic carbocycles. The molecule has 3 N–H and O–H groups in total. The van der Waals surface area contributed by atoms with Gasteiger partial charge in [0.1, 0.15) is 12.3 Å². The lowest BCUT2D eigenvalue weighted by Crippen LogP contribution is -2.85. The number of carbonyl (C=O) groups excluding carboxylic acids is 1. The Hall–Kier alpha value is -2.63. The van der Waals surface area contributed by atoms with Gasteiger partial charge in [0.15, 0.2) is 6.04 Å². The molecule has 3 aromatic rings. The largest absolute Gasteiger partial charge is 0.495 e. The molecule has 0 bridgehead atoms.